The van der Waals surface area contributed by atoms with Crippen molar-refractivity contribution in [3.05, 3.63) is 75.9 Å². The summed E-state index contributed by atoms with van der Waals surface area (Å²) in [6, 6.07) is 14.9. The van der Waals surface area contributed by atoms with Crippen molar-refractivity contribution in [2.75, 3.05) is 19.6 Å². The number of carbonyl (C=O) groups is 2. The van der Waals surface area contributed by atoms with Gasteiger partial charge in [0, 0.05) is 42.5 Å². The minimum atomic E-state index is -0.264. The van der Waals surface area contributed by atoms with E-state index in [1.165, 1.54) is 50.8 Å². The highest BCUT2D eigenvalue weighted by Crippen LogP contribution is 2.42. The zero-order valence-corrected chi connectivity index (χ0v) is 24.4. The number of benzene rings is 2. The number of halogens is 1. The molecule has 1 aliphatic carbocycles. The number of fused-ring (bicyclic) bond motifs is 1. The van der Waals surface area contributed by atoms with E-state index in [1.807, 2.05) is 35.2 Å². The summed E-state index contributed by atoms with van der Waals surface area (Å²) in [5, 5.41) is 3.45. The Morgan fingerprint density at radius 3 is 2.55 bits per heavy atom. The van der Waals surface area contributed by atoms with E-state index >= 15 is 0 Å². The second-order valence-corrected chi connectivity index (χ2v) is 12.7. The van der Waals surface area contributed by atoms with Crippen molar-refractivity contribution in [3.8, 4) is 0 Å². The van der Waals surface area contributed by atoms with Gasteiger partial charge in [-0.25, -0.2) is 4.39 Å². The Kier molecular flexibility index (Phi) is 9.97. The number of nitrogens with one attached hydrogen (secondary N) is 1. The summed E-state index contributed by atoms with van der Waals surface area (Å²) in [6.45, 7) is 5.65. The van der Waals surface area contributed by atoms with E-state index in [-0.39, 0.29) is 23.7 Å². The molecule has 40 heavy (non-hydrogen) atoms. The molecule has 3 unspecified atom stereocenters. The number of amides is 2. The first-order valence-electron chi connectivity index (χ1n) is 15.1. The first kappa shape index (κ1) is 28.9. The zero-order chi connectivity index (χ0) is 27.9. The molecule has 0 spiro atoms. The van der Waals surface area contributed by atoms with Gasteiger partial charge in [0.15, 0.2) is 0 Å². The molecule has 0 aromatic heterocycles. The Morgan fingerprint density at radius 1 is 1.02 bits per heavy atom. The predicted molar refractivity (Wildman–Crippen MR) is 161 cm³/mol. The first-order chi connectivity index (χ1) is 19.5. The van der Waals surface area contributed by atoms with E-state index < -0.39 is 0 Å². The Morgan fingerprint density at radius 2 is 1.77 bits per heavy atom. The van der Waals surface area contributed by atoms with Crippen LogP contribution in [0.5, 0.6) is 0 Å². The molecule has 0 radical (unpaired) electrons. The monoisotopic (exact) mass is 563 g/mol. The number of nitrogens with zero attached hydrogens (tertiary/aromatic N) is 2. The molecule has 0 bridgehead atoms. The first-order valence-corrected chi connectivity index (χ1v) is 16.0. The van der Waals surface area contributed by atoms with Crippen LogP contribution in [0.3, 0.4) is 0 Å². The van der Waals surface area contributed by atoms with E-state index in [0.29, 0.717) is 29.9 Å². The lowest BCUT2D eigenvalue weighted by Crippen LogP contribution is -2.50. The summed E-state index contributed by atoms with van der Waals surface area (Å²) in [7, 11) is 0. The standard InChI is InChI=1S/C33H42FN3O2S/c1-2-28-8-5-6-20-36(28)21-7-19-35-32(38)26-15-11-24(12-16-26)22-31-33(39)37(23-25-13-17-27(34)18-14-25)29-9-3-4-10-30(29)40-31/h11-18,22,28-30H,2-10,19-21,23H2,1H3,(H,35,38)/b31-22-. The summed E-state index contributed by atoms with van der Waals surface area (Å²) < 4.78 is 13.4. The van der Waals surface area contributed by atoms with Crippen LogP contribution in [-0.2, 0) is 11.3 Å². The van der Waals surface area contributed by atoms with Crippen LogP contribution in [-0.4, -0.2) is 58.6 Å². The topological polar surface area (TPSA) is 52.7 Å². The molecule has 2 heterocycles. The SMILES string of the molecule is CCC1CCCCN1CCCNC(=O)c1ccc(/C=C2\SC3CCCCC3N(Cc3ccc(F)cc3)C2=O)cc1. The van der Waals surface area contributed by atoms with Crippen LogP contribution < -0.4 is 5.32 Å². The zero-order valence-electron chi connectivity index (χ0n) is 23.6. The van der Waals surface area contributed by atoms with Crippen molar-refractivity contribution in [2.24, 2.45) is 0 Å². The highest BCUT2D eigenvalue weighted by Gasteiger charge is 2.40. The molecule has 2 saturated heterocycles. The van der Waals surface area contributed by atoms with Crippen LogP contribution in [0, 0.1) is 5.82 Å². The molecular weight excluding hydrogens is 521 g/mol. The van der Waals surface area contributed by atoms with E-state index in [4.69, 9.17) is 0 Å². The Bertz CT molecular complexity index is 1180. The van der Waals surface area contributed by atoms with Gasteiger partial charge in [0.1, 0.15) is 5.82 Å². The molecule has 2 amide bonds. The van der Waals surface area contributed by atoms with Crippen molar-refractivity contribution >= 4 is 29.7 Å². The largest absolute Gasteiger partial charge is 0.352 e. The van der Waals surface area contributed by atoms with E-state index in [1.54, 1.807) is 23.9 Å². The fraction of sp³-hybridized carbons (Fsp3) is 0.515. The summed E-state index contributed by atoms with van der Waals surface area (Å²) in [6.07, 6.45) is 12.5. The molecule has 7 heteroatoms. The third-order valence-corrected chi connectivity index (χ3v) is 10.1. The van der Waals surface area contributed by atoms with E-state index in [0.717, 1.165) is 48.3 Å². The van der Waals surface area contributed by atoms with Crippen LogP contribution in [0.1, 0.15) is 86.2 Å². The van der Waals surface area contributed by atoms with Gasteiger partial charge in [-0.2, -0.15) is 0 Å². The lowest BCUT2D eigenvalue weighted by atomic mass is 9.92. The van der Waals surface area contributed by atoms with Crippen molar-refractivity contribution in [3.63, 3.8) is 0 Å². The molecule has 1 saturated carbocycles. The highest BCUT2D eigenvalue weighted by atomic mass is 32.2. The molecule has 1 N–H and O–H groups in total. The third kappa shape index (κ3) is 7.16. The van der Waals surface area contributed by atoms with E-state index in [2.05, 4.69) is 17.1 Å². The average molecular weight is 564 g/mol. The van der Waals surface area contributed by atoms with Crippen molar-refractivity contribution in [1.29, 1.82) is 0 Å². The Labute approximate surface area is 242 Å². The number of hydrogen-bond donors (Lipinski definition) is 1. The summed E-state index contributed by atoms with van der Waals surface area (Å²) >= 11 is 1.70. The van der Waals surface area contributed by atoms with Gasteiger partial charge < -0.3 is 15.1 Å². The van der Waals surface area contributed by atoms with Gasteiger partial charge in [-0.05, 0) is 86.5 Å². The van der Waals surface area contributed by atoms with Gasteiger partial charge in [0.2, 0.25) is 0 Å². The summed E-state index contributed by atoms with van der Waals surface area (Å²) in [5.41, 5.74) is 2.50. The second-order valence-electron chi connectivity index (χ2n) is 11.4. The molecule has 3 fully saturated rings. The second kappa shape index (κ2) is 13.8. The maximum Gasteiger partial charge on any atom is 0.260 e. The van der Waals surface area contributed by atoms with Crippen molar-refractivity contribution in [2.45, 2.75) is 88.6 Å². The van der Waals surface area contributed by atoms with Crippen molar-refractivity contribution in [1.82, 2.24) is 15.1 Å². The normalized spacial score (nSPS) is 24.6. The molecular formula is C33H42FN3O2S. The quantitative estimate of drug-likeness (QED) is 0.275. The smallest absolute Gasteiger partial charge is 0.260 e. The van der Waals surface area contributed by atoms with Crippen LogP contribution >= 0.6 is 11.8 Å². The summed E-state index contributed by atoms with van der Waals surface area (Å²) in [5.74, 6) is -0.276. The fourth-order valence-electron chi connectivity index (χ4n) is 6.43. The maximum absolute atomic E-state index is 13.6. The van der Waals surface area contributed by atoms with Gasteiger partial charge in [0.25, 0.3) is 11.8 Å². The highest BCUT2D eigenvalue weighted by molar-refractivity contribution is 8.04. The molecule has 3 aliphatic rings. The van der Waals surface area contributed by atoms with Gasteiger partial charge >= 0.3 is 0 Å². The number of rotatable bonds is 9. The molecule has 2 aliphatic heterocycles. The van der Waals surface area contributed by atoms with Gasteiger partial charge in [-0.1, -0.05) is 50.5 Å². The maximum atomic E-state index is 13.6. The number of hydrogen-bond acceptors (Lipinski definition) is 4. The molecule has 2 aromatic rings. The van der Waals surface area contributed by atoms with Crippen molar-refractivity contribution < 1.29 is 14.0 Å². The molecule has 5 rings (SSSR count). The Hall–Kier alpha value is -2.64. The van der Waals surface area contributed by atoms with Crippen LogP contribution in [0.25, 0.3) is 6.08 Å². The Balaban J connectivity index is 1.19. The van der Waals surface area contributed by atoms with Gasteiger partial charge in [0.05, 0.1) is 4.91 Å². The number of likely N-dealkylation sites (tertiary alicyclic amines) is 1. The molecule has 214 valence electrons. The minimum absolute atomic E-state index is 0.0401. The van der Waals surface area contributed by atoms with Crippen LogP contribution in [0.4, 0.5) is 4.39 Å². The lowest BCUT2D eigenvalue weighted by Gasteiger charge is -2.44. The number of piperidine rings is 1. The fourth-order valence-corrected chi connectivity index (χ4v) is 7.91. The molecule has 3 atom stereocenters. The van der Waals surface area contributed by atoms with Crippen LogP contribution in [0.15, 0.2) is 53.4 Å². The van der Waals surface area contributed by atoms with E-state index in [9.17, 15) is 14.0 Å². The van der Waals surface area contributed by atoms with Gasteiger partial charge in [-0.15, -0.1) is 11.8 Å². The average Bonchev–Trinajstić information content (AvgIpc) is 2.99. The van der Waals surface area contributed by atoms with Gasteiger partial charge in [-0.3, -0.25) is 9.59 Å². The molecule has 5 nitrogen and oxygen atoms in total. The summed E-state index contributed by atoms with van der Waals surface area (Å²) in [4.78, 5) is 31.7. The predicted octanol–water partition coefficient (Wildman–Crippen LogP) is 6.64. The minimum Gasteiger partial charge on any atom is -0.352 e. The third-order valence-electron chi connectivity index (χ3n) is 8.68. The lowest BCUT2D eigenvalue weighted by molar-refractivity contribution is -0.130. The van der Waals surface area contributed by atoms with Crippen LogP contribution in [0.2, 0.25) is 0 Å². The molecule has 2 aromatic carbocycles. The number of carbonyl (C=O) groups excluding carboxylic acids is 2. The number of thioether (sulfide) groups is 1.